The highest BCUT2D eigenvalue weighted by Gasteiger charge is 2.35. The monoisotopic (exact) mass is 393 g/mol. The minimum absolute atomic E-state index is 0.0471. The van der Waals surface area contributed by atoms with Gasteiger partial charge in [-0.25, -0.2) is 0 Å². The first-order valence-corrected chi connectivity index (χ1v) is 8.97. The summed E-state index contributed by atoms with van der Waals surface area (Å²) < 4.78 is 0.888. The van der Waals surface area contributed by atoms with Crippen molar-refractivity contribution in [2.24, 2.45) is 5.92 Å². The quantitative estimate of drug-likeness (QED) is 0.746. The van der Waals surface area contributed by atoms with Crippen molar-refractivity contribution >= 4 is 49.1 Å². The lowest BCUT2D eigenvalue weighted by molar-refractivity contribution is 0.0878. The van der Waals surface area contributed by atoms with Crippen LogP contribution in [0.15, 0.2) is 15.9 Å². The van der Waals surface area contributed by atoms with Crippen molar-refractivity contribution in [1.82, 2.24) is 5.32 Å². The van der Waals surface area contributed by atoms with Crippen LogP contribution in [0.5, 0.6) is 0 Å². The van der Waals surface area contributed by atoms with Crippen LogP contribution in [0, 0.1) is 5.92 Å². The van der Waals surface area contributed by atoms with E-state index < -0.39 is 0 Å². The van der Waals surface area contributed by atoms with Crippen LogP contribution >= 0.6 is 43.2 Å². The first kappa shape index (κ1) is 14.5. The molecule has 0 bridgehead atoms. The SMILES string of the molecule is CC1CCC(CBr)(NC(=O)c2sccc2Br)CC1. The number of rotatable bonds is 3. The number of hydrogen-bond donors (Lipinski definition) is 1. The van der Waals surface area contributed by atoms with Gasteiger partial charge in [0.25, 0.3) is 5.91 Å². The topological polar surface area (TPSA) is 29.1 Å². The van der Waals surface area contributed by atoms with Crippen LogP contribution in [0.4, 0.5) is 0 Å². The molecule has 1 amide bonds. The minimum Gasteiger partial charge on any atom is -0.345 e. The van der Waals surface area contributed by atoms with Crippen LogP contribution in [0.1, 0.15) is 42.3 Å². The van der Waals surface area contributed by atoms with Gasteiger partial charge < -0.3 is 5.32 Å². The van der Waals surface area contributed by atoms with Crippen molar-refractivity contribution in [1.29, 1.82) is 0 Å². The Morgan fingerprint density at radius 1 is 1.56 bits per heavy atom. The van der Waals surface area contributed by atoms with E-state index in [4.69, 9.17) is 0 Å². The third-order valence-electron chi connectivity index (χ3n) is 3.69. The average Bonchev–Trinajstić information content (AvgIpc) is 2.79. The summed E-state index contributed by atoms with van der Waals surface area (Å²) >= 11 is 8.48. The van der Waals surface area contributed by atoms with Gasteiger partial charge in [0, 0.05) is 9.80 Å². The number of alkyl halides is 1. The maximum Gasteiger partial charge on any atom is 0.262 e. The van der Waals surface area contributed by atoms with E-state index in [0.717, 1.165) is 33.4 Å². The fourth-order valence-electron chi connectivity index (χ4n) is 2.36. The number of thiophene rings is 1. The second kappa shape index (κ2) is 6.06. The molecule has 1 heterocycles. The van der Waals surface area contributed by atoms with Gasteiger partial charge >= 0.3 is 0 Å². The molecule has 2 nitrogen and oxygen atoms in total. The minimum atomic E-state index is -0.0625. The molecule has 5 heteroatoms. The van der Waals surface area contributed by atoms with Crippen molar-refractivity contribution in [3.63, 3.8) is 0 Å². The highest BCUT2D eigenvalue weighted by Crippen LogP contribution is 2.34. The molecular weight excluding hydrogens is 378 g/mol. The Morgan fingerprint density at radius 3 is 2.72 bits per heavy atom. The van der Waals surface area contributed by atoms with E-state index in [9.17, 15) is 4.79 Å². The van der Waals surface area contributed by atoms with E-state index in [-0.39, 0.29) is 11.4 Å². The smallest absolute Gasteiger partial charge is 0.262 e. The van der Waals surface area contributed by atoms with E-state index in [0.29, 0.717) is 0 Å². The molecule has 2 rings (SSSR count). The maximum atomic E-state index is 12.3. The Bertz CT molecular complexity index is 424. The van der Waals surface area contributed by atoms with Gasteiger partial charge in [0.05, 0.1) is 5.54 Å². The largest absolute Gasteiger partial charge is 0.345 e. The molecule has 1 aromatic heterocycles. The predicted molar refractivity (Wildman–Crippen MR) is 83.6 cm³/mol. The summed E-state index contributed by atoms with van der Waals surface area (Å²) in [6, 6.07) is 1.92. The van der Waals surface area contributed by atoms with Gasteiger partial charge in [-0.1, -0.05) is 22.9 Å². The van der Waals surface area contributed by atoms with E-state index in [1.54, 1.807) is 0 Å². The third-order valence-corrected chi connectivity index (χ3v) is 6.60. The van der Waals surface area contributed by atoms with Gasteiger partial charge in [-0.2, -0.15) is 0 Å². The normalized spacial score (nSPS) is 28.1. The van der Waals surface area contributed by atoms with E-state index >= 15 is 0 Å². The summed E-state index contributed by atoms with van der Waals surface area (Å²) in [7, 11) is 0. The number of halogens is 2. The zero-order valence-electron chi connectivity index (χ0n) is 10.3. The summed E-state index contributed by atoms with van der Waals surface area (Å²) in [6.45, 7) is 2.29. The van der Waals surface area contributed by atoms with Crippen molar-refractivity contribution in [3.8, 4) is 0 Å². The van der Waals surface area contributed by atoms with Crippen LogP contribution in [0.25, 0.3) is 0 Å². The van der Waals surface area contributed by atoms with Crippen LogP contribution in [-0.4, -0.2) is 16.8 Å². The number of nitrogens with one attached hydrogen (secondary N) is 1. The van der Waals surface area contributed by atoms with E-state index in [1.807, 2.05) is 11.4 Å². The molecule has 0 spiro atoms. The molecule has 0 radical (unpaired) electrons. The average molecular weight is 395 g/mol. The fourth-order valence-corrected chi connectivity index (χ4v) is 4.51. The second-order valence-corrected chi connectivity index (χ2v) is 7.48. The summed E-state index contributed by atoms with van der Waals surface area (Å²) in [5.74, 6) is 0.827. The zero-order valence-corrected chi connectivity index (χ0v) is 14.3. The van der Waals surface area contributed by atoms with Gasteiger partial charge in [-0.3, -0.25) is 4.79 Å². The van der Waals surface area contributed by atoms with Gasteiger partial charge in [0.1, 0.15) is 4.88 Å². The Hall–Kier alpha value is 0.130. The molecule has 1 aromatic rings. The maximum absolute atomic E-state index is 12.3. The number of amides is 1. The standard InChI is InChI=1S/C13H17Br2NOS/c1-9-2-5-13(8-14,6-3-9)16-12(17)11-10(15)4-7-18-11/h4,7,9H,2-3,5-6,8H2,1H3,(H,16,17). The summed E-state index contributed by atoms with van der Waals surface area (Å²) in [4.78, 5) is 13.1. The molecule has 100 valence electrons. The lowest BCUT2D eigenvalue weighted by Crippen LogP contribution is -2.51. The van der Waals surface area contributed by atoms with Crippen molar-refractivity contribution in [3.05, 3.63) is 20.8 Å². The summed E-state index contributed by atoms with van der Waals surface area (Å²) in [6.07, 6.45) is 4.51. The molecule has 0 atom stereocenters. The molecule has 1 aliphatic carbocycles. The Morgan fingerprint density at radius 2 is 2.22 bits per heavy atom. The molecule has 1 saturated carbocycles. The second-order valence-electron chi connectivity index (χ2n) is 5.15. The molecule has 1 fully saturated rings. The number of carbonyl (C=O) groups excluding carboxylic acids is 1. The van der Waals surface area contributed by atoms with Crippen LogP contribution in [0.2, 0.25) is 0 Å². The Kier molecular flexibility index (Phi) is 4.89. The Balaban J connectivity index is 2.07. The molecule has 0 unspecified atom stereocenters. The molecule has 1 N–H and O–H groups in total. The lowest BCUT2D eigenvalue weighted by atomic mass is 9.78. The van der Waals surface area contributed by atoms with E-state index in [2.05, 4.69) is 44.1 Å². The highest BCUT2D eigenvalue weighted by molar-refractivity contribution is 9.10. The van der Waals surface area contributed by atoms with Crippen molar-refractivity contribution in [2.75, 3.05) is 5.33 Å². The van der Waals surface area contributed by atoms with Crippen molar-refractivity contribution < 1.29 is 4.79 Å². The van der Waals surface area contributed by atoms with Crippen LogP contribution in [0.3, 0.4) is 0 Å². The zero-order chi connectivity index (χ0) is 13.2. The van der Waals surface area contributed by atoms with Gasteiger partial charge in [0.2, 0.25) is 0 Å². The highest BCUT2D eigenvalue weighted by atomic mass is 79.9. The van der Waals surface area contributed by atoms with Crippen LogP contribution < -0.4 is 5.32 Å². The van der Waals surface area contributed by atoms with E-state index in [1.165, 1.54) is 24.2 Å². The number of carbonyl (C=O) groups is 1. The number of hydrogen-bond acceptors (Lipinski definition) is 2. The van der Waals surface area contributed by atoms with Gasteiger partial charge in [0.15, 0.2) is 0 Å². The molecule has 0 aromatic carbocycles. The summed E-state index contributed by atoms with van der Waals surface area (Å²) in [5, 5.41) is 6.01. The molecule has 0 saturated heterocycles. The first-order chi connectivity index (χ1) is 8.56. The molecule has 0 aliphatic heterocycles. The fraction of sp³-hybridized carbons (Fsp3) is 0.615. The molecule has 18 heavy (non-hydrogen) atoms. The van der Waals surface area contributed by atoms with Crippen LogP contribution in [-0.2, 0) is 0 Å². The third kappa shape index (κ3) is 3.17. The predicted octanol–water partition coefficient (Wildman–Crippen LogP) is 4.58. The molecular formula is C13H17Br2NOS. The molecule has 1 aliphatic rings. The Labute approximate surface area is 129 Å². The van der Waals surface area contributed by atoms with Gasteiger partial charge in [-0.15, -0.1) is 11.3 Å². The summed E-state index contributed by atoms with van der Waals surface area (Å²) in [5.41, 5.74) is -0.0625. The van der Waals surface area contributed by atoms with Crippen molar-refractivity contribution in [2.45, 2.75) is 38.1 Å². The van der Waals surface area contributed by atoms with Gasteiger partial charge in [-0.05, 0) is 59.0 Å². The first-order valence-electron chi connectivity index (χ1n) is 6.18. The lowest BCUT2D eigenvalue weighted by Gasteiger charge is -2.38.